The van der Waals surface area contributed by atoms with Crippen LogP contribution in [0.1, 0.15) is 17.3 Å². The topological polar surface area (TPSA) is 50.9 Å². The van der Waals surface area contributed by atoms with E-state index in [4.69, 9.17) is 17.4 Å². The monoisotopic (exact) mass is 283 g/mol. The van der Waals surface area contributed by atoms with E-state index in [2.05, 4.69) is 10.4 Å². The number of hydrogen-bond donors (Lipinski definition) is 2. The summed E-state index contributed by atoms with van der Waals surface area (Å²) >= 11 is 5.88. The third kappa shape index (κ3) is 3.26. The van der Waals surface area contributed by atoms with E-state index in [1.807, 2.05) is 0 Å². The first-order chi connectivity index (χ1) is 9.11. The third-order valence-corrected chi connectivity index (χ3v) is 3.19. The van der Waals surface area contributed by atoms with Crippen molar-refractivity contribution < 1.29 is 8.78 Å². The molecule has 0 bridgehead atoms. The highest BCUT2D eigenvalue weighted by molar-refractivity contribution is 6.31. The van der Waals surface area contributed by atoms with Crippen molar-refractivity contribution in [2.24, 2.45) is 5.84 Å². The molecule has 1 heterocycles. The summed E-state index contributed by atoms with van der Waals surface area (Å²) in [5.74, 6) is 4.55. The molecular formula is C13H12ClF2N3. The second-order valence-corrected chi connectivity index (χ2v) is 4.42. The van der Waals surface area contributed by atoms with E-state index in [1.54, 1.807) is 12.1 Å². The number of nitrogens with one attached hydrogen (secondary N) is 1. The second-order valence-electron chi connectivity index (χ2n) is 4.04. The first-order valence-electron chi connectivity index (χ1n) is 5.62. The number of hydrazine groups is 1. The molecule has 0 radical (unpaired) electrons. The lowest BCUT2D eigenvalue weighted by molar-refractivity contribution is 0.531. The van der Waals surface area contributed by atoms with Gasteiger partial charge in [0.15, 0.2) is 0 Å². The van der Waals surface area contributed by atoms with Crippen molar-refractivity contribution in [2.45, 2.75) is 12.5 Å². The molecule has 1 unspecified atom stereocenters. The minimum atomic E-state index is -0.484. The van der Waals surface area contributed by atoms with Gasteiger partial charge >= 0.3 is 0 Å². The van der Waals surface area contributed by atoms with Crippen LogP contribution in [0.25, 0.3) is 0 Å². The fourth-order valence-electron chi connectivity index (χ4n) is 1.77. The molecule has 1 aromatic heterocycles. The molecule has 3 N–H and O–H groups in total. The van der Waals surface area contributed by atoms with Crippen LogP contribution >= 0.6 is 11.6 Å². The quantitative estimate of drug-likeness (QED) is 0.670. The van der Waals surface area contributed by atoms with Gasteiger partial charge in [-0.15, -0.1) is 0 Å². The van der Waals surface area contributed by atoms with E-state index in [0.717, 1.165) is 6.20 Å². The van der Waals surface area contributed by atoms with E-state index in [9.17, 15) is 8.78 Å². The Bertz CT molecular complexity index is 560. The maximum atomic E-state index is 13.3. The Labute approximate surface area is 114 Å². The summed E-state index contributed by atoms with van der Waals surface area (Å²) in [4.78, 5) is 3.94. The molecule has 100 valence electrons. The molecule has 0 fully saturated rings. The van der Waals surface area contributed by atoms with E-state index in [-0.39, 0.29) is 11.1 Å². The van der Waals surface area contributed by atoms with Crippen LogP contribution in [0.5, 0.6) is 0 Å². The third-order valence-electron chi connectivity index (χ3n) is 2.76. The number of aromatic nitrogens is 1. The van der Waals surface area contributed by atoms with Crippen LogP contribution in [0, 0.1) is 11.6 Å². The molecule has 19 heavy (non-hydrogen) atoms. The molecule has 3 nitrogen and oxygen atoms in total. The van der Waals surface area contributed by atoms with Crippen molar-refractivity contribution in [2.75, 3.05) is 0 Å². The lowest BCUT2D eigenvalue weighted by atomic mass is 10.0. The van der Waals surface area contributed by atoms with Gasteiger partial charge in [-0.2, -0.15) is 0 Å². The van der Waals surface area contributed by atoms with Crippen LogP contribution in [-0.2, 0) is 6.42 Å². The van der Waals surface area contributed by atoms with Crippen molar-refractivity contribution in [3.8, 4) is 0 Å². The van der Waals surface area contributed by atoms with Gasteiger partial charge < -0.3 is 0 Å². The zero-order valence-electron chi connectivity index (χ0n) is 9.91. The van der Waals surface area contributed by atoms with Gasteiger partial charge in [0.05, 0.1) is 23.0 Å². The summed E-state index contributed by atoms with van der Waals surface area (Å²) in [7, 11) is 0. The van der Waals surface area contributed by atoms with Gasteiger partial charge in [-0.25, -0.2) is 8.78 Å². The van der Waals surface area contributed by atoms with Gasteiger partial charge in [-0.05, 0) is 30.2 Å². The first kappa shape index (κ1) is 13.9. The van der Waals surface area contributed by atoms with Gasteiger partial charge in [0.1, 0.15) is 11.6 Å². The Kier molecular flexibility index (Phi) is 4.42. The van der Waals surface area contributed by atoms with Crippen molar-refractivity contribution >= 4 is 11.6 Å². The van der Waals surface area contributed by atoms with Crippen molar-refractivity contribution in [1.29, 1.82) is 0 Å². The van der Waals surface area contributed by atoms with Crippen LogP contribution < -0.4 is 11.3 Å². The van der Waals surface area contributed by atoms with Crippen LogP contribution in [0.2, 0.25) is 5.02 Å². The Morgan fingerprint density at radius 3 is 2.68 bits per heavy atom. The molecule has 0 saturated carbocycles. The maximum absolute atomic E-state index is 13.3. The van der Waals surface area contributed by atoms with E-state index in [0.29, 0.717) is 17.7 Å². The molecule has 0 saturated heterocycles. The van der Waals surface area contributed by atoms with Crippen LogP contribution in [0.15, 0.2) is 36.5 Å². The van der Waals surface area contributed by atoms with E-state index >= 15 is 0 Å². The summed E-state index contributed by atoms with van der Waals surface area (Å²) in [5.41, 5.74) is 3.73. The number of hydrogen-bond acceptors (Lipinski definition) is 3. The second kappa shape index (κ2) is 6.06. The minimum absolute atomic E-state index is 0.0601. The van der Waals surface area contributed by atoms with Gasteiger partial charge in [0.2, 0.25) is 0 Å². The number of halogens is 3. The largest absolute Gasteiger partial charge is 0.271 e. The maximum Gasteiger partial charge on any atom is 0.142 e. The highest BCUT2D eigenvalue weighted by Crippen LogP contribution is 2.24. The molecule has 0 spiro atoms. The number of nitrogens with zero attached hydrogens (tertiary/aromatic N) is 1. The molecule has 2 rings (SSSR count). The van der Waals surface area contributed by atoms with Crippen LogP contribution in [0.4, 0.5) is 8.78 Å². The molecule has 0 amide bonds. The molecule has 6 heteroatoms. The summed E-state index contributed by atoms with van der Waals surface area (Å²) in [5, 5.41) is 0.0601. The van der Waals surface area contributed by atoms with Crippen molar-refractivity contribution in [3.05, 3.63) is 64.4 Å². The minimum Gasteiger partial charge on any atom is -0.271 e. The highest BCUT2D eigenvalue weighted by atomic mass is 35.5. The van der Waals surface area contributed by atoms with Gasteiger partial charge in [-0.1, -0.05) is 23.7 Å². The fourth-order valence-corrected chi connectivity index (χ4v) is 1.97. The van der Waals surface area contributed by atoms with E-state index in [1.165, 1.54) is 18.2 Å². The molecule has 0 aliphatic carbocycles. The van der Waals surface area contributed by atoms with Crippen LogP contribution in [-0.4, -0.2) is 4.98 Å². The summed E-state index contributed by atoms with van der Waals surface area (Å²) < 4.78 is 26.2. The molecule has 2 aromatic rings. The summed E-state index contributed by atoms with van der Waals surface area (Å²) in [6.07, 6.45) is 1.46. The van der Waals surface area contributed by atoms with Gasteiger partial charge in [0.25, 0.3) is 0 Å². The van der Waals surface area contributed by atoms with Gasteiger partial charge in [-0.3, -0.25) is 16.3 Å². The standard InChI is InChI=1S/C13H12ClF2N3/c14-13-8(2-1-3-10(13)16)6-12(19-17)11-5-4-9(15)7-18-11/h1-5,7,12,19H,6,17H2. The molecule has 1 aromatic carbocycles. The summed E-state index contributed by atoms with van der Waals surface area (Å²) in [6.45, 7) is 0. The Morgan fingerprint density at radius 2 is 2.05 bits per heavy atom. The first-order valence-corrected chi connectivity index (χ1v) is 6.00. The molecule has 0 aliphatic rings. The highest BCUT2D eigenvalue weighted by Gasteiger charge is 2.15. The predicted octanol–water partition coefficient (Wildman–Crippen LogP) is 2.76. The van der Waals surface area contributed by atoms with Gasteiger partial charge in [0, 0.05) is 0 Å². The Balaban J connectivity index is 2.24. The number of pyridine rings is 1. The van der Waals surface area contributed by atoms with Crippen molar-refractivity contribution in [1.82, 2.24) is 10.4 Å². The lowest BCUT2D eigenvalue weighted by Crippen LogP contribution is -2.30. The SMILES string of the molecule is NNC(Cc1cccc(F)c1Cl)c1ccc(F)cn1. The summed E-state index contributed by atoms with van der Waals surface area (Å²) in [6, 6.07) is 7.00. The Morgan fingerprint density at radius 1 is 1.26 bits per heavy atom. The average molecular weight is 284 g/mol. The zero-order valence-corrected chi connectivity index (χ0v) is 10.7. The predicted molar refractivity (Wildman–Crippen MR) is 69.4 cm³/mol. The zero-order chi connectivity index (χ0) is 13.8. The molecular weight excluding hydrogens is 272 g/mol. The number of nitrogens with two attached hydrogens (primary N) is 1. The van der Waals surface area contributed by atoms with Crippen LogP contribution in [0.3, 0.4) is 0 Å². The Hall–Kier alpha value is -1.56. The molecule has 0 aliphatic heterocycles. The number of rotatable bonds is 4. The molecule has 1 atom stereocenters. The van der Waals surface area contributed by atoms with E-state index < -0.39 is 11.6 Å². The lowest BCUT2D eigenvalue weighted by Gasteiger charge is -2.16. The number of benzene rings is 1. The fraction of sp³-hybridized carbons (Fsp3) is 0.154. The normalized spacial score (nSPS) is 12.4. The van der Waals surface area contributed by atoms with Crippen molar-refractivity contribution in [3.63, 3.8) is 0 Å². The average Bonchev–Trinajstić information content (AvgIpc) is 2.42. The smallest absolute Gasteiger partial charge is 0.142 e.